The molecule has 16 heteroatoms. The van der Waals surface area contributed by atoms with Gasteiger partial charge < -0.3 is 20.1 Å². The van der Waals surface area contributed by atoms with Crippen LogP contribution in [0.5, 0.6) is 11.5 Å². The average molecular weight is 1010 g/mol. The summed E-state index contributed by atoms with van der Waals surface area (Å²) in [4.78, 5) is 36.7. The van der Waals surface area contributed by atoms with Gasteiger partial charge in [-0.1, -0.05) is 42.5 Å². The number of nitrogens with one attached hydrogen (secondary N) is 2. The summed E-state index contributed by atoms with van der Waals surface area (Å²) >= 11 is 0. The van der Waals surface area contributed by atoms with Gasteiger partial charge in [0.25, 0.3) is 0 Å². The van der Waals surface area contributed by atoms with Crippen LogP contribution < -0.4 is 20.1 Å². The van der Waals surface area contributed by atoms with Gasteiger partial charge in [-0.25, -0.2) is 0 Å². The highest BCUT2D eigenvalue weighted by molar-refractivity contribution is 5.80. The molecule has 2 aromatic carbocycles. The van der Waals surface area contributed by atoms with Crippen molar-refractivity contribution in [3.05, 3.63) is 128 Å². The highest BCUT2D eigenvalue weighted by atomic mass is 19.4. The number of halogens is 6. The van der Waals surface area contributed by atoms with Gasteiger partial charge in [0, 0.05) is 65.8 Å². The lowest BCUT2D eigenvalue weighted by Crippen LogP contribution is -2.53. The largest absolute Gasteiger partial charge is 0.487 e. The number of alkyl halides is 6. The second-order valence-electron chi connectivity index (χ2n) is 20.8. The summed E-state index contributed by atoms with van der Waals surface area (Å²) in [6, 6.07) is 14.1. The lowest BCUT2D eigenvalue weighted by atomic mass is 9.82. The molecule has 73 heavy (non-hydrogen) atoms. The summed E-state index contributed by atoms with van der Waals surface area (Å²) in [5, 5.41) is 5.43. The van der Waals surface area contributed by atoms with Gasteiger partial charge in [0.15, 0.2) is 0 Å². The minimum Gasteiger partial charge on any atom is -0.487 e. The molecular formula is C57H66F6N6O4. The molecule has 4 fully saturated rings. The first-order valence-corrected chi connectivity index (χ1v) is 25.8. The summed E-state index contributed by atoms with van der Waals surface area (Å²) in [5.41, 5.74) is 10.1. The molecule has 4 heterocycles. The maximum Gasteiger partial charge on any atom is 0.416 e. The number of hydrogen-bond acceptors (Lipinski definition) is 8. The quantitative estimate of drug-likeness (QED) is 0.120. The summed E-state index contributed by atoms with van der Waals surface area (Å²) in [6.07, 6.45) is 3.87. The number of amides is 2. The molecule has 6 aliphatic rings. The molecule has 0 atom stereocenters. The lowest BCUT2D eigenvalue weighted by Gasteiger charge is -2.39. The van der Waals surface area contributed by atoms with E-state index in [-0.39, 0.29) is 60.1 Å². The summed E-state index contributed by atoms with van der Waals surface area (Å²) in [7, 11) is 3.35. The summed E-state index contributed by atoms with van der Waals surface area (Å²) in [6.45, 7) is 9.19. The van der Waals surface area contributed by atoms with Crippen molar-refractivity contribution < 1.29 is 45.4 Å². The Balaban J connectivity index is 0.000000180. The average Bonchev–Trinajstić information content (AvgIpc) is 4.21. The first-order chi connectivity index (χ1) is 34.9. The Morgan fingerprint density at radius 3 is 1.38 bits per heavy atom. The minimum absolute atomic E-state index is 0.00561. The fourth-order valence-corrected chi connectivity index (χ4v) is 11.3. The Labute approximate surface area is 424 Å². The van der Waals surface area contributed by atoms with Crippen LogP contribution in [-0.4, -0.2) is 84.9 Å². The van der Waals surface area contributed by atoms with E-state index in [1.807, 2.05) is 36.4 Å². The number of carbonyl (C=O) groups is 2. The van der Waals surface area contributed by atoms with E-state index in [1.54, 1.807) is 14.1 Å². The normalized spacial score (nSPS) is 19.0. The maximum absolute atomic E-state index is 13.9. The van der Waals surface area contributed by atoms with Crippen molar-refractivity contribution in [2.75, 3.05) is 53.4 Å². The van der Waals surface area contributed by atoms with E-state index >= 15 is 0 Å². The molecule has 390 valence electrons. The van der Waals surface area contributed by atoms with Crippen molar-refractivity contribution in [2.24, 2.45) is 11.8 Å². The zero-order chi connectivity index (χ0) is 51.6. The zero-order valence-electron chi connectivity index (χ0n) is 42.2. The molecule has 4 aliphatic carbocycles. The summed E-state index contributed by atoms with van der Waals surface area (Å²) in [5.74, 6) is 1.58. The van der Waals surface area contributed by atoms with Crippen LogP contribution in [0.2, 0.25) is 0 Å². The highest BCUT2D eigenvalue weighted by Gasteiger charge is 2.40. The van der Waals surface area contributed by atoms with E-state index in [0.717, 1.165) is 116 Å². The lowest BCUT2D eigenvalue weighted by molar-refractivity contribution is -0.139. The van der Waals surface area contributed by atoms with Gasteiger partial charge in [0.2, 0.25) is 11.8 Å². The third-order valence-corrected chi connectivity index (χ3v) is 15.8. The molecule has 2 aromatic heterocycles. The highest BCUT2D eigenvalue weighted by Crippen LogP contribution is 2.46. The molecule has 0 spiro atoms. The van der Waals surface area contributed by atoms with Crippen molar-refractivity contribution in [2.45, 2.75) is 122 Å². The number of allylic oxidation sites excluding steroid dienone is 2. The monoisotopic (exact) mass is 1010 g/mol. The van der Waals surface area contributed by atoms with Crippen molar-refractivity contribution in [1.29, 1.82) is 0 Å². The van der Waals surface area contributed by atoms with Crippen LogP contribution in [0.4, 0.5) is 26.3 Å². The van der Waals surface area contributed by atoms with Crippen molar-refractivity contribution in [3.8, 4) is 11.5 Å². The number of pyridine rings is 2. The van der Waals surface area contributed by atoms with E-state index < -0.39 is 23.5 Å². The van der Waals surface area contributed by atoms with E-state index in [9.17, 15) is 35.9 Å². The van der Waals surface area contributed by atoms with Crippen LogP contribution in [0.3, 0.4) is 0 Å². The molecule has 10 nitrogen and oxygen atoms in total. The second-order valence-corrected chi connectivity index (χ2v) is 20.8. The fourth-order valence-electron chi connectivity index (χ4n) is 11.3. The van der Waals surface area contributed by atoms with Gasteiger partial charge in [-0.15, -0.1) is 0 Å². The van der Waals surface area contributed by atoms with Crippen LogP contribution in [0.25, 0.3) is 11.1 Å². The summed E-state index contributed by atoms with van der Waals surface area (Å²) < 4.78 is 94.0. The number of aromatic nitrogens is 2. The number of aryl methyl sites for hydroxylation is 2. The molecule has 2 amide bonds. The third kappa shape index (κ3) is 12.3. The van der Waals surface area contributed by atoms with E-state index in [1.165, 1.54) is 63.0 Å². The van der Waals surface area contributed by atoms with Gasteiger partial charge >= 0.3 is 12.4 Å². The van der Waals surface area contributed by atoms with Gasteiger partial charge in [0.1, 0.15) is 24.7 Å². The van der Waals surface area contributed by atoms with Crippen molar-refractivity contribution in [3.63, 3.8) is 0 Å². The van der Waals surface area contributed by atoms with Gasteiger partial charge in [-0.05, 0) is 158 Å². The Morgan fingerprint density at radius 1 is 0.589 bits per heavy atom. The first kappa shape index (κ1) is 52.1. The Kier molecular flexibility index (Phi) is 15.7. The fraction of sp³-hybridized carbons (Fsp3) is 0.509. The van der Waals surface area contributed by atoms with Gasteiger partial charge in [0.05, 0.1) is 34.4 Å². The van der Waals surface area contributed by atoms with Crippen molar-refractivity contribution >= 4 is 23.0 Å². The Hall–Kier alpha value is -5.74. The molecule has 0 unspecified atom stereocenters. The Bertz CT molecular complexity index is 2750. The SMILES string of the molecule is CNC(=O)C1CN(CC2=C(C)c3ccc(OCc4cc(C(F)(F)F)c(C5CC5)cn4)cc3CC2)C1.CNC(=O)C1CN(CC2=C(C)c3ccc(OCc4cc(C(F)(F)F)c(C5CCCCC5)cn4)cc3CC2)C1. The number of nitrogens with zero attached hydrogens (tertiary/aromatic N) is 4. The van der Waals surface area contributed by atoms with Crippen LogP contribution in [0, 0.1) is 11.8 Å². The van der Waals surface area contributed by atoms with Gasteiger partial charge in [-0.3, -0.25) is 29.4 Å². The molecule has 4 aromatic rings. The topological polar surface area (TPSA) is 109 Å². The number of hydrogen-bond donors (Lipinski definition) is 2. The Morgan fingerprint density at radius 2 is 1.00 bits per heavy atom. The number of carbonyl (C=O) groups excluding carboxylic acids is 2. The molecule has 2 aliphatic heterocycles. The third-order valence-electron chi connectivity index (χ3n) is 15.8. The van der Waals surface area contributed by atoms with Crippen molar-refractivity contribution in [1.82, 2.24) is 30.4 Å². The van der Waals surface area contributed by atoms with Crippen LogP contribution in [0.15, 0.2) is 72.1 Å². The minimum atomic E-state index is -4.41. The molecule has 10 rings (SSSR count). The molecule has 2 saturated carbocycles. The van der Waals surface area contributed by atoms with E-state index in [0.29, 0.717) is 22.6 Å². The van der Waals surface area contributed by atoms with Crippen LogP contribution >= 0.6 is 0 Å². The predicted molar refractivity (Wildman–Crippen MR) is 268 cm³/mol. The van der Waals surface area contributed by atoms with Crippen LogP contribution in [0.1, 0.15) is 139 Å². The smallest absolute Gasteiger partial charge is 0.416 e. The number of rotatable bonds is 14. The number of likely N-dealkylation sites (tertiary alicyclic amines) is 2. The van der Waals surface area contributed by atoms with E-state index in [4.69, 9.17) is 9.47 Å². The zero-order valence-corrected chi connectivity index (χ0v) is 42.2. The molecular weight excluding hydrogens is 947 g/mol. The predicted octanol–water partition coefficient (Wildman–Crippen LogP) is 11.1. The molecule has 2 N–H and O–H groups in total. The first-order valence-electron chi connectivity index (χ1n) is 25.8. The number of fused-ring (bicyclic) bond motifs is 2. The van der Waals surface area contributed by atoms with Crippen LogP contribution in [-0.2, 0) is 48.0 Å². The maximum atomic E-state index is 13.9. The molecule has 0 bridgehead atoms. The number of ether oxygens (including phenoxy) is 2. The van der Waals surface area contributed by atoms with Gasteiger partial charge in [-0.2, -0.15) is 26.3 Å². The second kappa shape index (κ2) is 22.0. The molecule has 0 radical (unpaired) electrons. The van der Waals surface area contributed by atoms with E-state index in [2.05, 4.69) is 44.2 Å². The standard InChI is InChI=1S/C30H36F3N3O2.C27H30F3N3O2/c1-19-22(15-36-16-23(17-36)29(37)34-2)9-8-21-12-25(10-11-26(19)21)38-18-24-13-28(30(31,32)33)27(14-35-24)20-6-4-3-5-7-20;1-16-19(12-33-13-20(14-33)26(34)31-2)6-5-18-9-22(7-8-23(16)18)35-15-21-10-25(27(28,29)30)24(11-32-21)17-3-4-17/h10-14,20,23H,3-9,15-18H2,1-2H3,(H,34,37);7-11,17,20H,3-6,12-15H2,1-2H3,(H,31,34). The number of benzene rings is 2. The molecule has 2 saturated heterocycles.